The Morgan fingerprint density at radius 1 is 0.434 bits per heavy atom. The fraction of sp³-hybridized carbons (Fsp3) is 0.0600. The molecule has 0 fully saturated rings. The molecule has 10 rings (SSSR count). The quantitative estimate of drug-likeness (QED) is 0.175. The van der Waals surface area contributed by atoms with Crippen LogP contribution in [0.2, 0.25) is 0 Å². The van der Waals surface area contributed by atoms with E-state index in [1.807, 2.05) is 36.4 Å². The molecule has 53 heavy (non-hydrogen) atoms. The van der Waals surface area contributed by atoms with Gasteiger partial charge >= 0.3 is 0 Å². The Kier molecular flexibility index (Phi) is 7.16. The van der Waals surface area contributed by atoms with E-state index >= 15 is 0 Å². The van der Waals surface area contributed by atoms with Gasteiger partial charge in [0.05, 0.1) is 0 Å². The van der Waals surface area contributed by atoms with Gasteiger partial charge in [0.1, 0.15) is 5.52 Å². The van der Waals surface area contributed by atoms with Crippen LogP contribution >= 0.6 is 0 Å². The zero-order chi connectivity index (χ0) is 35.5. The summed E-state index contributed by atoms with van der Waals surface area (Å²) in [7, 11) is 0. The summed E-state index contributed by atoms with van der Waals surface area (Å²) in [4.78, 5) is 7.34. The lowest BCUT2D eigenvalue weighted by molar-refractivity contribution is 0.620. The van der Waals surface area contributed by atoms with Crippen molar-refractivity contribution in [3.63, 3.8) is 0 Å². The summed E-state index contributed by atoms with van der Waals surface area (Å²) in [5.74, 6) is 0.637. The minimum absolute atomic E-state index is 0.0523. The molecular formula is C50H36N2O. The molecule has 0 unspecified atom stereocenters. The van der Waals surface area contributed by atoms with Crippen molar-refractivity contribution in [2.45, 2.75) is 19.3 Å². The second-order valence-corrected chi connectivity index (χ2v) is 14.4. The third-order valence-electron chi connectivity index (χ3n) is 10.9. The van der Waals surface area contributed by atoms with Gasteiger partial charge < -0.3 is 9.32 Å². The van der Waals surface area contributed by atoms with Crippen molar-refractivity contribution < 1.29 is 4.42 Å². The molecule has 1 aromatic heterocycles. The zero-order valence-corrected chi connectivity index (χ0v) is 29.6. The normalized spacial score (nSPS) is 12.9. The smallest absolute Gasteiger partial charge is 0.227 e. The fourth-order valence-corrected chi connectivity index (χ4v) is 8.24. The van der Waals surface area contributed by atoms with Gasteiger partial charge in [0.2, 0.25) is 5.89 Å². The number of fused-ring (bicyclic) bond motifs is 6. The maximum Gasteiger partial charge on any atom is 0.227 e. The zero-order valence-electron chi connectivity index (χ0n) is 29.6. The minimum Gasteiger partial charge on any atom is -0.436 e. The highest BCUT2D eigenvalue weighted by Gasteiger charge is 2.35. The van der Waals surface area contributed by atoms with Gasteiger partial charge in [-0.15, -0.1) is 0 Å². The summed E-state index contributed by atoms with van der Waals surface area (Å²) in [5, 5.41) is 2.23. The predicted octanol–water partition coefficient (Wildman–Crippen LogP) is 13.8. The molecule has 9 aromatic rings. The highest BCUT2D eigenvalue weighted by atomic mass is 16.3. The molecule has 3 nitrogen and oxygen atoms in total. The van der Waals surface area contributed by atoms with Crippen LogP contribution in [0.25, 0.3) is 66.7 Å². The first-order valence-electron chi connectivity index (χ1n) is 18.2. The van der Waals surface area contributed by atoms with Crippen LogP contribution in [0.15, 0.2) is 186 Å². The highest BCUT2D eigenvalue weighted by Crippen LogP contribution is 2.51. The number of benzene rings is 8. The lowest BCUT2D eigenvalue weighted by Gasteiger charge is -2.28. The predicted molar refractivity (Wildman–Crippen MR) is 220 cm³/mol. The second kappa shape index (κ2) is 12.2. The molecule has 252 valence electrons. The summed E-state index contributed by atoms with van der Waals surface area (Å²) in [6, 6.07) is 65.0. The molecule has 3 heteroatoms. The number of rotatable bonds is 6. The van der Waals surface area contributed by atoms with Crippen LogP contribution in [0.1, 0.15) is 25.0 Å². The molecule has 0 saturated carbocycles. The van der Waals surface area contributed by atoms with E-state index in [0.29, 0.717) is 5.89 Å². The standard InChI is InChI=1S/C50H36N2O/c1-50(2)45-22-10-9-19-42(45)44-32-39(27-29-46(44)50)52(38-18-11-17-36(31-38)33-13-5-3-6-14-33)37-25-23-34(24-26-37)40-20-12-21-43-41(40)28-30-47-48(43)51-49(53-47)35-15-7-4-8-16-35/h3-32H,1-2H3. The average molecular weight is 681 g/mol. The molecule has 0 saturated heterocycles. The number of oxazole rings is 1. The van der Waals surface area contributed by atoms with Crippen molar-refractivity contribution in [1.82, 2.24) is 4.98 Å². The summed E-state index contributed by atoms with van der Waals surface area (Å²) >= 11 is 0. The van der Waals surface area contributed by atoms with Crippen molar-refractivity contribution in [2.75, 3.05) is 4.90 Å². The number of anilines is 3. The van der Waals surface area contributed by atoms with E-state index in [1.165, 1.54) is 33.4 Å². The molecule has 0 radical (unpaired) electrons. The second-order valence-electron chi connectivity index (χ2n) is 14.4. The Hall–Kier alpha value is -6.71. The molecule has 0 aliphatic heterocycles. The Morgan fingerprint density at radius 3 is 1.89 bits per heavy atom. The van der Waals surface area contributed by atoms with Gasteiger partial charge in [0, 0.05) is 33.4 Å². The first-order valence-corrected chi connectivity index (χ1v) is 18.2. The first-order chi connectivity index (χ1) is 26.0. The van der Waals surface area contributed by atoms with Gasteiger partial charge in [-0.2, -0.15) is 0 Å². The molecule has 0 N–H and O–H groups in total. The van der Waals surface area contributed by atoms with Crippen molar-refractivity contribution in [1.29, 1.82) is 0 Å². The summed E-state index contributed by atoms with van der Waals surface area (Å²) in [6.45, 7) is 4.67. The number of hydrogen-bond acceptors (Lipinski definition) is 3. The SMILES string of the molecule is CC1(C)c2ccccc2-c2cc(N(c3ccc(-c4cccc5c4ccc4oc(-c6ccccc6)nc45)cc3)c3cccc(-c4ccccc4)c3)ccc21. The van der Waals surface area contributed by atoms with Crippen LogP contribution < -0.4 is 4.90 Å². The van der Waals surface area contributed by atoms with Gasteiger partial charge in [-0.1, -0.05) is 135 Å². The topological polar surface area (TPSA) is 29.3 Å². The number of nitrogens with zero attached hydrogens (tertiary/aromatic N) is 2. The Morgan fingerprint density at radius 2 is 1.08 bits per heavy atom. The number of hydrogen-bond donors (Lipinski definition) is 0. The van der Waals surface area contributed by atoms with E-state index in [-0.39, 0.29) is 5.41 Å². The average Bonchev–Trinajstić information content (AvgIpc) is 3.76. The Bertz CT molecular complexity index is 2800. The Balaban J connectivity index is 1.09. The molecule has 1 aliphatic carbocycles. The van der Waals surface area contributed by atoms with Gasteiger partial charge in [-0.05, 0) is 111 Å². The van der Waals surface area contributed by atoms with E-state index < -0.39 is 0 Å². The van der Waals surface area contributed by atoms with E-state index in [1.54, 1.807) is 0 Å². The summed E-state index contributed by atoms with van der Waals surface area (Å²) in [5.41, 5.74) is 16.0. The van der Waals surface area contributed by atoms with Crippen molar-refractivity contribution in [3.8, 4) is 44.8 Å². The van der Waals surface area contributed by atoms with Gasteiger partial charge in [0.25, 0.3) is 0 Å². The van der Waals surface area contributed by atoms with Gasteiger partial charge in [0.15, 0.2) is 5.58 Å². The van der Waals surface area contributed by atoms with E-state index in [0.717, 1.165) is 55.6 Å². The highest BCUT2D eigenvalue weighted by molar-refractivity contribution is 6.09. The summed E-state index contributed by atoms with van der Waals surface area (Å²) in [6.07, 6.45) is 0. The monoisotopic (exact) mass is 680 g/mol. The van der Waals surface area contributed by atoms with Gasteiger partial charge in [-0.25, -0.2) is 4.98 Å². The molecule has 1 heterocycles. The van der Waals surface area contributed by atoms with Crippen LogP contribution in [0.5, 0.6) is 0 Å². The fourth-order valence-electron chi connectivity index (χ4n) is 8.24. The van der Waals surface area contributed by atoms with Crippen LogP contribution in [0.4, 0.5) is 17.1 Å². The maximum atomic E-state index is 6.21. The van der Waals surface area contributed by atoms with Crippen LogP contribution in [-0.2, 0) is 5.41 Å². The van der Waals surface area contributed by atoms with Gasteiger partial charge in [-0.3, -0.25) is 0 Å². The summed E-state index contributed by atoms with van der Waals surface area (Å²) < 4.78 is 6.21. The molecule has 8 aromatic carbocycles. The van der Waals surface area contributed by atoms with E-state index in [2.05, 4.69) is 164 Å². The first kappa shape index (κ1) is 31.1. The van der Waals surface area contributed by atoms with Crippen LogP contribution in [-0.4, -0.2) is 4.98 Å². The van der Waals surface area contributed by atoms with Crippen molar-refractivity contribution in [2.24, 2.45) is 0 Å². The van der Waals surface area contributed by atoms with E-state index in [4.69, 9.17) is 9.40 Å². The third-order valence-corrected chi connectivity index (χ3v) is 10.9. The largest absolute Gasteiger partial charge is 0.436 e. The van der Waals surface area contributed by atoms with Crippen LogP contribution in [0.3, 0.4) is 0 Å². The number of aromatic nitrogens is 1. The maximum absolute atomic E-state index is 6.21. The lowest BCUT2D eigenvalue weighted by atomic mass is 9.82. The van der Waals surface area contributed by atoms with E-state index in [9.17, 15) is 0 Å². The molecule has 0 amide bonds. The molecular weight excluding hydrogens is 645 g/mol. The molecule has 0 atom stereocenters. The lowest BCUT2D eigenvalue weighted by Crippen LogP contribution is -2.15. The molecule has 0 bridgehead atoms. The Labute approximate surface area is 309 Å². The third kappa shape index (κ3) is 5.16. The van der Waals surface area contributed by atoms with Crippen LogP contribution in [0, 0.1) is 0 Å². The van der Waals surface area contributed by atoms with Crippen molar-refractivity contribution in [3.05, 3.63) is 193 Å². The molecule has 1 aliphatic rings. The van der Waals surface area contributed by atoms with Crippen molar-refractivity contribution >= 4 is 38.9 Å². The molecule has 0 spiro atoms. The minimum atomic E-state index is -0.0523.